The van der Waals surface area contributed by atoms with Crippen molar-refractivity contribution in [2.45, 2.75) is 52.2 Å². The van der Waals surface area contributed by atoms with Crippen molar-refractivity contribution >= 4 is 28.6 Å². The fraction of sp³-hybridized carbons (Fsp3) is 0.526. The molecule has 2 aromatic rings. The van der Waals surface area contributed by atoms with Gasteiger partial charge in [0, 0.05) is 31.3 Å². The topological polar surface area (TPSA) is 64.6 Å². The van der Waals surface area contributed by atoms with Gasteiger partial charge in [-0.2, -0.15) is 0 Å². The first-order valence-electron chi connectivity index (χ1n) is 8.78. The van der Waals surface area contributed by atoms with Gasteiger partial charge in [0.15, 0.2) is 0 Å². The van der Waals surface area contributed by atoms with Gasteiger partial charge in [-0.1, -0.05) is 11.6 Å². The Kier molecular flexibility index (Phi) is 5.23. The Morgan fingerprint density at radius 1 is 1.23 bits per heavy atom. The maximum absolute atomic E-state index is 12.2. The molecule has 1 amide bonds. The van der Waals surface area contributed by atoms with Crippen LogP contribution in [-0.4, -0.2) is 45.8 Å². The molecule has 0 spiro atoms. The second kappa shape index (κ2) is 7.27. The van der Waals surface area contributed by atoms with E-state index in [0.29, 0.717) is 18.2 Å². The molecule has 1 aromatic carbocycles. The zero-order chi connectivity index (χ0) is 18.9. The van der Waals surface area contributed by atoms with Crippen LogP contribution in [0.1, 0.15) is 39.2 Å². The van der Waals surface area contributed by atoms with Crippen molar-refractivity contribution in [2.75, 3.05) is 13.1 Å². The Hall–Kier alpha value is -2.08. The molecule has 1 aromatic heterocycles. The van der Waals surface area contributed by atoms with Crippen LogP contribution in [0.2, 0.25) is 5.15 Å². The number of hydrogen-bond acceptors (Lipinski definition) is 5. The SMILES string of the molecule is Cc1cc2ncnc(Cl)c2cc1OC1CCN(C(=O)OC(C)(C)C)CC1. The van der Waals surface area contributed by atoms with Crippen molar-refractivity contribution in [2.24, 2.45) is 0 Å². The molecule has 1 saturated heterocycles. The number of carbonyl (C=O) groups excluding carboxylic acids is 1. The quantitative estimate of drug-likeness (QED) is 0.727. The zero-order valence-corrected chi connectivity index (χ0v) is 16.3. The third-order valence-corrected chi connectivity index (χ3v) is 4.57. The molecule has 6 nitrogen and oxygen atoms in total. The normalized spacial score (nSPS) is 16.0. The van der Waals surface area contributed by atoms with Gasteiger partial charge in [0.05, 0.1) is 5.52 Å². The molecule has 0 radical (unpaired) electrons. The van der Waals surface area contributed by atoms with E-state index in [4.69, 9.17) is 21.1 Å². The summed E-state index contributed by atoms with van der Waals surface area (Å²) in [6, 6.07) is 3.85. The van der Waals surface area contributed by atoms with Gasteiger partial charge in [-0.3, -0.25) is 0 Å². The van der Waals surface area contributed by atoms with Gasteiger partial charge >= 0.3 is 6.09 Å². The predicted molar refractivity (Wildman–Crippen MR) is 101 cm³/mol. The smallest absolute Gasteiger partial charge is 0.410 e. The Labute approximate surface area is 158 Å². The van der Waals surface area contributed by atoms with Gasteiger partial charge in [0.1, 0.15) is 28.9 Å². The lowest BCUT2D eigenvalue weighted by Gasteiger charge is -2.33. The van der Waals surface area contributed by atoms with E-state index in [9.17, 15) is 4.79 Å². The molecule has 1 aliphatic rings. The van der Waals surface area contributed by atoms with Gasteiger partial charge in [0.25, 0.3) is 0 Å². The molecule has 0 atom stereocenters. The van der Waals surface area contributed by atoms with E-state index in [-0.39, 0.29) is 12.2 Å². The van der Waals surface area contributed by atoms with Crippen LogP contribution in [0.4, 0.5) is 4.79 Å². The summed E-state index contributed by atoms with van der Waals surface area (Å²) in [4.78, 5) is 22.2. The highest BCUT2D eigenvalue weighted by Gasteiger charge is 2.28. The van der Waals surface area contributed by atoms with Crippen molar-refractivity contribution in [3.8, 4) is 5.75 Å². The third kappa shape index (κ3) is 4.36. The van der Waals surface area contributed by atoms with Crippen LogP contribution in [-0.2, 0) is 4.74 Å². The lowest BCUT2D eigenvalue weighted by molar-refractivity contribution is 0.0126. The highest BCUT2D eigenvalue weighted by Crippen LogP contribution is 2.30. The Balaban J connectivity index is 1.65. The van der Waals surface area contributed by atoms with E-state index >= 15 is 0 Å². The second-order valence-corrected chi connectivity index (χ2v) is 7.94. The standard InChI is InChI=1S/C19H24ClN3O3/c1-12-9-15-14(17(20)22-11-21-15)10-16(12)25-13-5-7-23(8-6-13)18(24)26-19(2,3)4/h9-11,13H,5-8H2,1-4H3. The van der Waals surface area contributed by atoms with Crippen molar-refractivity contribution in [3.63, 3.8) is 0 Å². The molecule has 2 heterocycles. The summed E-state index contributed by atoms with van der Waals surface area (Å²) >= 11 is 6.17. The fourth-order valence-electron chi connectivity index (χ4n) is 2.95. The number of piperidine rings is 1. The molecule has 1 fully saturated rings. The number of benzene rings is 1. The van der Waals surface area contributed by atoms with Gasteiger partial charge in [0.2, 0.25) is 0 Å². The first-order chi connectivity index (χ1) is 12.2. The van der Waals surface area contributed by atoms with Crippen LogP contribution in [0.5, 0.6) is 5.75 Å². The van der Waals surface area contributed by atoms with E-state index in [1.54, 1.807) is 4.90 Å². The highest BCUT2D eigenvalue weighted by molar-refractivity contribution is 6.34. The van der Waals surface area contributed by atoms with E-state index in [0.717, 1.165) is 35.1 Å². The summed E-state index contributed by atoms with van der Waals surface area (Å²) in [5.41, 5.74) is 1.32. The molecule has 1 aliphatic heterocycles. The summed E-state index contributed by atoms with van der Waals surface area (Å²) in [6.45, 7) is 8.85. The monoisotopic (exact) mass is 377 g/mol. The number of fused-ring (bicyclic) bond motifs is 1. The van der Waals surface area contributed by atoms with E-state index in [1.165, 1.54) is 6.33 Å². The molecule has 0 N–H and O–H groups in total. The Morgan fingerprint density at radius 3 is 2.58 bits per heavy atom. The average Bonchev–Trinajstić information content (AvgIpc) is 2.55. The van der Waals surface area contributed by atoms with Gasteiger partial charge in [-0.15, -0.1) is 0 Å². The minimum absolute atomic E-state index is 0.0493. The number of carbonyl (C=O) groups is 1. The first kappa shape index (κ1) is 18.7. The average molecular weight is 378 g/mol. The number of amides is 1. The van der Waals surface area contributed by atoms with Crippen LogP contribution in [0, 0.1) is 6.92 Å². The number of aryl methyl sites for hydroxylation is 1. The van der Waals surface area contributed by atoms with Crippen LogP contribution in [0.3, 0.4) is 0 Å². The summed E-state index contributed by atoms with van der Waals surface area (Å²) in [5, 5.41) is 1.19. The summed E-state index contributed by atoms with van der Waals surface area (Å²) in [5.74, 6) is 0.782. The highest BCUT2D eigenvalue weighted by atomic mass is 35.5. The summed E-state index contributed by atoms with van der Waals surface area (Å²) in [6.07, 6.45) is 2.76. The molecule has 3 rings (SSSR count). The van der Waals surface area contributed by atoms with Crippen LogP contribution in [0.15, 0.2) is 18.5 Å². The number of rotatable bonds is 2. The number of likely N-dealkylation sites (tertiary alicyclic amines) is 1. The van der Waals surface area contributed by atoms with Crippen molar-refractivity contribution in [3.05, 3.63) is 29.2 Å². The molecule has 0 bridgehead atoms. The van der Waals surface area contributed by atoms with Crippen molar-refractivity contribution in [1.29, 1.82) is 0 Å². The van der Waals surface area contributed by atoms with E-state index in [1.807, 2.05) is 39.8 Å². The molecular weight excluding hydrogens is 354 g/mol. The van der Waals surface area contributed by atoms with Crippen LogP contribution >= 0.6 is 11.6 Å². The zero-order valence-electron chi connectivity index (χ0n) is 15.6. The number of nitrogens with zero attached hydrogens (tertiary/aromatic N) is 3. The molecular formula is C19H24ClN3O3. The largest absolute Gasteiger partial charge is 0.490 e. The van der Waals surface area contributed by atoms with Crippen molar-refractivity contribution in [1.82, 2.24) is 14.9 Å². The maximum Gasteiger partial charge on any atom is 0.410 e. The molecule has 7 heteroatoms. The van der Waals surface area contributed by atoms with Gasteiger partial charge in [-0.25, -0.2) is 14.8 Å². The minimum atomic E-state index is -0.478. The lowest BCUT2D eigenvalue weighted by Crippen LogP contribution is -2.44. The summed E-state index contributed by atoms with van der Waals surface area (Å²) < 4.78 is 11.6. The third-order valence-electron chi connectivity index (χ3n) is 4.27. The second-order valence-electron chi connectivity index (χ2n) is 7.58. The number of aromatic nitrogens is 2. The van der Waals surface area contributed by atoms with Gasteiger partial charge < -0.3 is 14.4 Å². The number of halogens is 1. The van der Waals surface area contributed by atoms with E-state index < -0.39 is 5.60 Å². The molecule has 0 unspecified atom stereocenters. The van der Waals surface area contributed by atoms with Crippen LogP contribution < -0.4 is 4.74 Å². The summed E-state index contributed by atoms with van der Waals surface area (Å²) in [7, 11) is 0. The molecule has 140 valence electrons. The predicted octanol–water partition coefficient (Wildman–Crippen LogP) is 4.37. The molecule has 26 heavy (non-hydrogen) atoms. The van der Waals surface area contributed by atoms with Crippen LogP contribution in [0.25, 0.3) is 10.9 Å². The first-order valence-corrected chi connectivity index (χ1v) is 9.16. The number of ether oxygens (including phenoxy) is 2. The van der Waals surface area contributed by atoms with Gasteiger partial charge in [-0.05, 0) is 45.4 Å². The Bertz CT molecular complexity index is 812. The van der Waals surface area contributed by atoms with E-state index in [2.05, 4.69) is 9.97 Å². The minimum Gasteiger partial charge on any atom is -0.490 e. The number of hydrogen-bond donors (Lipinski definition) is 0. The lowest BCUT2D eigenvalue weighted by atomic mass is 10.1. The fourth-order valence-corrected chi connectivity index (χ4v) is 3.14. The maximum atomic E-state index is 12.2. The van der Waals surface area contributed by atoms with Crippen molar-refractivity contribution < 1.29 is 14.3 Å². The molecule has 0 saturated carbocycles. The molecule has 0 aliphatic carbocycles. The Morgan fingerprint density at radius 2 is 1.92 bits per heavy atom.